The first-order valence-electron chi connectivity index (χ1n) is 9.90. The van der Waals surface area contributed by atoms with Gasteiger partial charge in [0, 0.05) is 0 Å². The first kappa shape index (κ1) is 21.0. The molecular weight excluding hydrogens is 378 g/mol. The maximum atomic E-state index is 12.2. The molecule has 1 aromatic carbocycles. The van der Waals surface area contributed by atoms with E-state index in [0.29, 0.717) is 43.4 Å². The quantitative estimate of drug-likeness (QED) is 0.485. The molecule has 3 rings (SSSR count). The van der Waals surface area contributed by atoms with Crippen LogP contribution in [-0.4, -0.2) is 54.7 Å². The summed E-state index contributed by atoms with van der Waals surface area (Å²) >= 11 is 0. The molecule has 29 heavy (non-hydrogen) atoms. The molecule has 1 aromatic rings. The molecular formula is C21H25NO7. The molecule has 0 radical (unpaired) electrons. The molecule has 2 amide bonds. The van der Waals surface area contributed by atoms with Crippen molar-refractivity contribution in [2.24, 2.45) is 5.92 Å². The number of hydrogen-bond donors (Lipinski definition) is 0. The summed E-state index contributed by atoms with van der Waals surface area (Å²) in [7, 11) is 0. The van der Waals surface area contributed by atoms with Gasteiger partial charge in [0.1, 0.15) is 6.61 Å². The van der Waals surface area contributed by atoms with Crippen molar-refractivity contribution in [3.63, 3.8) is 0 Å². The van der Waals surface area contributed by atoms with Crippen LogP contribution in [0, 0.1) is 5.92 Å². The molecule has 0 aromatic heterocycles. The Morgan fingerprint density at radius 2 is 1.62 bits per heavy atom. The average Bonchev–Trinajstić information content (AvgIpc) is 2.99. The summed E-state index contributed by atoms with van der Waals surface area (Å²) in [6.07, 6.45) is 3.33. The Bertz CT molecular complexity index is 748. The first-order valence-corrected chi connectivity index (χ1v) is 9.90. The zero-order valence-electron chi connectivity index (χ0n) is 16.4. The Morgan fingerprint density at radius 3 is 2.21 bits per heavy atom. The van der Waals surface area contributed by atoms with Crippen LogP contribution in [0.15, 0.2) is 24.3 Å². The summed E-state index contributed by atoms with van der Waals surface area (Å²) in [6.45, 7) is 1.68. The Labute approximate surface area is 169 Å². The molecule has 1 aliphatic heterocycles. The largest absolute Gasteiger partial charge is 0.465 e. The molecule has 2 aliphatic rings. The summed E-state index contributed by atoms with van der Waals surface area (Å²) < 4.78 is 15.8. The topological polar surface area (TPSA) is 99.2 Å². The lowest BCUT2D eigenvalue weighted by atomic mass is 9.87. The zero-order chi connectivity index (χ0) is 20.8. The molecule has 1 saturated carbocycles. The highest BCUT2D eigenvalue weighted by molar-refractivity contribution is 6.21. The molecule has 0 N–H and O–H groups in total. The van der Waals surface area contributed by atoms with E-state index in [-0.39, 0.29) is 24.6 Å². The number of imide groups is 1. The number of esters is 2. The lowest BCUT2D eigenvalue weighted by Gasteiger charge is -2.27. The Balaban J connectivity index is 1.37. The van der Waals surface area contributed by atoms with Gasteiger partial charge in [-0.25, -0.2) is 9.69 Å². The second kappa shape index (κ2) is 9.65. The fraction of sp³-hybridized carbons (Fsp3) is 0.524. The van der Waals surface area contributed by atoms with Crippen LogP contribution in [0.5, 0.6) is 0 Å². The van der Waals surface area contributed by atoms with Gasteiger partial charge in [0.2, 0.25) is 0 Å². The summed E-state index contributed by atoms with van der Waals surface area (Å²) in [4.78, 5) is 49.2. The maximum absolute atomic E-state index is 12.2. The van der Waals surface area contributed by atoms with Crippen LogP contribution in [0.25, 0.3) is 0 Å². The van der Waals surface area contributed by atoms with Gasteiger partial charge >= 0.3 is 11.9 Å². The van der Waals surface area contributed by atoms with Gasteiger partial charge < -0.3 is 14.2 Å². The molecule has 1 fully saturated rings. The van der Waals surface area contributed by atoms with E-state index in [4.69, 9.17) is 14.2 Å². The highest BCUT2D eigenvalue weighted by Crippen LogP contribution is 2.27. The number of carbonyl (C=O) groups excluding carboxylic acids is 4. The fourth-order valence-corrected chi connectivity index (χ4v) is 3.51. The summed E-state index contributed by atoms with van der Waals surface area (Å²) in [5.41, 5.74) is 0.609. The van der Waals surface area contributed by atoms with Crippen molar-refractivity contribution in [3.05, 3.63) is 35.4 Å². The molecule has 1 aliphatic carbocycles. The molecule has 0 saturated heterocycles. The molecule has 8 nitrogen and oxygen atoms in total. The van der Waals surface area contributed by atoms with Gasteiger partial charge in [0.15, 0.2) is 6.73 Å². The Hall–Kier alpha value is -2.74. The highest BCUT2D eigenvalue weighted by atomic mass is 16.6. The third-order valence-corrected chi connectivity index (χ3v) is 5.13. The molecule has 0 atom stereocenters. The van der Waals surface area contributed by atoms with Gasteiger partial charge in [-0.1, -0.05) is 19.1 Å². The van der Waals surface area contributed by atoms with Crippen LogP contribution >= 0.6 is 0 Å². The number of rotatable bonds is 8. The minimum atomic E-state index is -0.647. The second-order valence-corrected chi connectivity index (χ2v) is 7.18. The van der Waals surface area contributed by atoms with Crippen LogP contribution < -0.4 is 0 Å². The zero-order valence-corrected chi connectivity index (χ0v) is 16.4. The van der Waals surface area contributed by atoms with Crippen LogP contribution in [0.4, 0.5) is 0 Å². The lowest BCUT2D eigenvalue weighted by Crippen LogP contribution is -2.34. The standard InChI is InChI=1S/C21H25NO7/c1-2-11-27-21(26)14-7-9-15(10-8-14)28-12-18(23)29-13-22-19(24)16-5-3-4-6-17(16)20(22)25/h3-6,14-15H,2,7-13H2,1H3. The molecule has 156 valence electrons. The van der Waals surface area contributed by atoms with Crippen LogP contribution in [0.3, 0.4) is 0 Å². The molecule has 0 spiro atoms. The van der Waals surface area contributed by atoms with Crippen molar-refractivity contribution in [2.75, 3.05) is 19.9 Å². The molecule has 1 heterocycles. The van der Waals surface area contributed by atoms with Crippen molar-refractivity contribution in [3.8, 4) is 0 Å². The van der Waals surface area contributed by atoms with E-state index >= 15 is 0 Å². The smallest absolute Gasteiger partial charge is 0.333 e. The van der Waals surface area contributed by atoms with E-state index in [1.165, 1.54) is 0 Å². The molecule has 0 bridgehead atoms. The summed E-state index contributed by atoms with van der Waals surface area (Å²) in [6, 6.07) is 6.47. The number of fused-ring (bicyclic) bond motifs is 1. The minimum Gasteiger partial charge on any atom is -0.465 e. The van der Waals surface area contributed by atoms with Crippen molar-refractivity contribution in [1.29, 1.82) is 0 Å². The summed E-state index contributed by atoms with van der Waals surface area (Å²) in [5, 5.41) is 0. The van der Waals surface area contributed by atoms with Gasteiger partial charge in [0.05, 0.1) is 29.8 Å². The van der Waals surface area contributed by atoms with Crippen LogP contribution in [0.2, 0.25) is 0 Å². The maximum Gasteiger partial charge on any atom is 0.333 e. The second-order valence-electron chi connectivity index (χ2n) is 7.18. The van der Waals surface area contributed by atoms with Gasteiger partial charge in [-0.2, -0.15) is 0 Å². The number of hydrogen-bond acceptors (Lipinski definition) is 7. The van der Waals surface area contributed by atoms with Gasteiger partial charge in [0.25, 0.3) is 11.8 Å². The predicted molar refractivity (Wildman–Crippen MR) is 101 cm³/mol. The number of benzene rings is 1. The van der Waals surface area contributed by atoms with E-state index < -0.39 is 24.5 Å². The monoisotopic (exact) mass is 403 g/mol. The number of nitrogens with zero attached hydrogens (tertiary/aromatic N) is 1. The van der Waals surface area contributed by atoms with Gasteiger partial charge in [-0.15, -0.1) is 0 Å². The first-order chi connectivity index (χ1) is 14.0. The minimum absolute atomic E-state index is 0.109. The third kappa shape index (κ3) is 5.00. The third-order valence-electron chi connectivity index (χ3n) is 5.13. The van der Waals surface area contributed by atoms with Crippen LogP contribution in [-0.2, 0) is 23.8 Å². The van der Waals surface area contributed by atoms with Crippen molar-refractivity contribution >= 4 is 23.8 Å². The fourth-order valence-electron chi connectivity index (χ4n) is 3.51. The van der Waals surface area contributed by atoms with E-state index in [1.807, 2.05) is 6.92 Å². The van der Waals surface area contributed by atoms with Gasteiger partial charge in [-0.05, 0) is 44.2 Å². The van der Waals surface area contributed by atoms with E-state index in [1.54, 1.807) is 24.3 Å². The van der Waals surface area contributed by atoms with Crippen molar-refractivity contribution in [2.45, 2.75) is 45.1 Å². The number of ether oxygens (including phenoxy) is 3. The Kier molecular flexibility index (Phi) is 6.98. The predicted octanol–water partition coefficient (Wildman–Crippen LogP) is 2.31. The summed E-state index contributed by atoms with van der Waals surface area (Å²) in [5.74, 6) is -1.88. The van der Waals surface area contributed by atoms with Gasteiger partial charge in [-0.3, -0.25) is 14.4 Å². The molecule has 8 heteroatoms. The highest BCUT2D eigenvalue weighted by Gasteiger charge is 2.36. The average molecular weight is 403 g/mol. The van der Waals surface area contributed by atoms with E-state index in [9.17, 15) is 19.2 Å². The van der Waals surface area contributed by atoms with E-state index in [0.717, 1.165) is 11.3 Å². The SMILES string of the molecule is CCCOC(=O)C1CCC(OCC(=O)OCN2C(=O)c3ccccc3C2=O)CC1. The van der Waals surface area contributed by atoms with Crippen LogP contribution in [0.1, 0.15) is 59.7 Å². The van der Waals surface area contributed by atoms with E-state index in [2.05, 4.69) is 0 Å². The number of amides is 2. The van der Waals surface area contributed by atoms with Crippen molar-refractivity contribution in [1.82, 2.24) is 4.90 Å². The Morgan fingerprint density at radius 1 is 1.00 bits per heavy atom. The van der Waals surface area contributed by atoms with Crippen molar-refractivity contribution < 1.29 is 33.4 Å². The number of carbonyl (C=O) groups is 4. The lowest BCUT2D eigenvalue weighted by molar-refractivity contribution is -0.157. The molecule has 0 unspecified atom stereocenters. The normalized spacial score (nSPS) is 21.1.